The Labute approximate surface area is 125 Å². The van der Waals surface area contributed by atoms with Gasteiger partial charge in [0.15, 0.2) is 0 Å². The van der Waals surface area contributed by atoms with Crippen LogP contribution in [0.15, 0.2) is 64.0 Å². The van der Waals surface area contributed by atoms with Crippen LogP contribution in [0.1, 0.15) is 6.92 Å². The van der Waals surface area contributed by atoms with Crippen LogP contribution in [0.3, 0.4) is 0 Å². The normalized spacial score (nSPS) is 11.9. The van der Waals surface area contributed by atoms with E-state index in [0.717, 1.165) is 15.1 Å². The van der Waals surface area contributed by atoms with Crippen LogP contribution in [0.25, 0.3) is 0 Å². The van der Waals surface area contributed by atoms with E-state index < -0.39 is 0 Å². The summed E-state index contributed by atoms with van der Waals surface area (Å²) in [5.74, 6) is 0.0103. The van der Waals surface area contributed by atoms with E-state index in [1.807, 2.05) is 61.5 Å². The third kappa shape index (κ3) is 4.40. The molecule has 0 saturated heterocycles. The molecule has 2 nitrogen and oxygen atoms in total. The molecule has 0 bridgehead atoms. The predicted octanol–water partition coefficient (Wildman–Crippen LogP) is 4.57. The predicted molar refractivity (Wildman–Crippen MR) is 84.5 cm³/mol. The molecule has 0 aliphatic carbocycles. The fourth-order valence-corrected chi connectivity index (χ4v) is 2.69. The zero-order valence-electron chi connectivity index (χ0n) is 10.5. The molecule has 1 N–H and O–H groups in total. The molecule has 2 aromatic rings. The Hall–Kier alpha value is -1.26. The molecule has 1 unspecified atom stereocenters. The summed E-state index contributed by atoms with van der Waals surface area (Å²) in [5, 5.41) is 2.78. The molecule has 98 valence electrons. The van der Waals surface area contributed by atoms with Crippen LogP contribution in [0, 0.1) is 0 Å². The van der Waals surface area contributed by atoms with E-state index in [9.17, 15) is 4.79 Å². The number of nitrogens with one attached hydrogen (secondary N) is 1. The van der Waals surface area contributed by atoms with Gasteiger partial charge in [-0.1, -0.05) is 34.1 Å². The molecule has 0 radical (unpaired) electrons. The second-order valence-corrected chi connectivity index (χ2v) is 6.40. The van der Waals surface area contributed by atoms with E-state index in [1.54, 1.807) is 11.8 Å². The molecule has 0 aliphatic heterocycles. The van der Waals surface area contributed by atoms with E-state index in [4.69, 9.17) is 0 Å². The Balaban J connectivity index is 1.94. The molecule has 19 heavy (non-hydrogen) atoms. The van der Waals surface area contributed by atoms with Gasteiger partial charge in [-0.3, -0.25) is 4.79 Å². The first kappa shape index (κ1) is 14.2. The molecular weight excluding hydrogens is 322 g/mol. The van der Waals surface area contributed by atoms with Crippen LogP contribution in [0.5, 0.6) is 0 Å². The number of anilines is 1. The Bertz CT molecular complexity index is 542. The van der Waals surface area contributed by atoms with E-state index in [1.165, 1.54) is 0 Å². The SMILES string of the molecule is CC(Sc1ccccc1)C(=O)Nc1ccc(Br)cc1. The number of thioether (sulfide) groups is 1. The van der Waals surface area contributed by atoms with Crippen molar-refractivity contribution >= 4 is 39.3 Å². The summed E-state index contributed by atoms with van der Waals surface area (Å²) in [4.78, 5) is 13.2. The summed E-state index contributed by atoms with van der Waals surface area (Å²) in [5.41, 5.74) is 0.814. The Morgan fingerprint density at radius 2 is 1.74 bits per heavy atom. The van der Waals surface area contributed by atoms with E-state index in [2.05, 4.69) is 21.2 Å². The summed E-state index contributed by atoms with van der Waals surface area (Å²) >= 11 is 4.92. The van der Waals surface area contributed by atoms with Crippen LogP contribution in [0.4, 0.5) is 5.69 Å². The lowest BCUT2D eigenvalue weighted by Crippen LogP contribution is -2.22. The lowest BCUT2D eigenvalue weighted by atomic mass is 10.3. The first-order valence-electron chi connectivity index (χ1n) is 5.93. The maximum absolute atomic E-state index is 12.1. The first-order valence-corrected chi connectivity index (χ1v) is 7.60. The Morgan fingerprint density at radius 1 is 1.11 bits per heavy atom. The average molecular weight is 336 g/mol. The number of amides is 1. The van der Waals surface area contributed by atoms with E-state index in [0.29, 0.717) is 0 Å². The molecule has 1 amide bonds. The van der Waals surface area contributed by atoms with Crippen molar-refractivity contribution < 1.29 is 4.79 Å². The highest BCUT2D eigenvalue weighted by atomic mass is 79.9. The van der Waals surface area contributed by atoms with Crippen molar-refractivity contribution in [3.8, 4) is 0 Å². The molecule has 0 heterocycles. The monoisotopic (exact) mass is 335 g/mol. The van der Waals surface area contributed by atoms with Crippen LogP contribution >= 0.6 is 27.7 Å². The number of hydrogen-bond donors (Lipinski definition) is 1. The van der Waals surface area contributed by atoms with Gasteiger partial charge >= 0.3 is 0 Å². The lowest BCUT2D eigenvalue weighted by Gasteiger charge is -2.12. The minimum absolute atomic E-state index is 0.0103. The quantitative estimate of drug-likeness (QED) is 0.829. The summed E-state index contributed by atoms with van der Waals surface area (Å²) in [6, 6.07) is 17.5. The first-order chi connectivity index (χ1) is 9.15. The van der Waals surface area contributed by atoms with Crippen molar-refractivity contribution in [2.75, 3.05) is 5.32 Å². The number of hydrogen-bond acceptors (Lipinski definition) is 2. The molecule has 0 aromatic heterocycles. The molecular formula is C15H14BrNOS. The lowest BCUT2D eigenvalue weighted by molar-refractivity contribution is -0.115. The summed E-state index contributed by atoms with van der Waals surface area (Å²) < 4.78 is 0.997. The average Bonchev–Trinajstić information content (AvgIpc) is 2.42. The molecule has 1 atom stereocenters. The Kier molecular flexibility index (Phi) is 5.05. The maximum atomic E-state index is 12.1. The third-order valence-electron chi connectivity index (χ3n) is 2.54. The van der Waals surface area contributed by atoms with Crippen LogP contribution < -0.4 is 5.32 Å². The van der Waals surface area contributed by atoms with Gasteiger partial charge < -0.3 is 5.32 Å². The zero-order valence-corrected chi connectivity index (χ0v) is 12.9. The van der Waals surface area contributed by atoms with E-state index >= 15 is 0 Å². The summed E-state index contributed by atoms with van der Waals surface area (Å²) in [7, 11) is 0. The number of carbonyl (C=O) groups excluding carboxylic acids is 1. The van der Waals surface area contributed by atoms with Crippen LogP contribution in [-0.2, 0) is 4.79 Å². The largest absolute Gasteiger partial charge is 0.325 e. The highest BCUT2D eigenvalue weighted by Gasteiger charge is 2.14. The van der Waals surface area contributed by atoms with Gasteiger partial charge in [0.25, 0.3) is 0 Å². The van der Waals surface area contributed by atoms with Crippen molar-refractivity contribution in [3.05, 3.63) is 59.1 Å². The van der Waals surface area contributed by atoms with E-state index in [-0.39, 0.29) is 11.2 Å². The van der Waals surface area contributed by atoms with Gasteiger partial charge in [-0.2, -0.15) is 0 Å². The zero-order chi connectivity index (χ0) is 13.7. The van der Waals surface area contributed by atoms with Gasteiger partial charge in [0.1, 0.15) is 0 Å². The molecule has 0 fully saturated rings. The third-order valence-corrected chi connectivity index (χ3v) is 4.18. The highest BCUT2D eigenvalue weighted by molar-refractivity contribution is 9.10. The van der Waals surface area contributed by atoms with Gasteiger partial charge in [0.2, 0.25) is 5.91 Å². The van der Waals surface area contributed by atoms with Gasteiger partial charge in [0.05, 0.1) is 5.25 Å². The standard InChI is InChI=1S/C15H14BrNOS/c1-11(19-14-5-3-2-4-6-14)15(18)17-13-9-7-12(16)8-10-13/h2-11H,1H3,(H,17,18). The summed E-state index contributed by atoms with van der Waals surface area (Å²) in [6.07, 6.45) is 0. The van der Waals surface area contributed by atoms with Crippen molar-refractivity contribution in [3.63, 3.8) is 0 Å². The second kappa shape index (κ2) is 6.78. The Morgan fingerprint density at radius 3 is 2.37 bits per heavy atom. The van der Waals surface area contributed by atoms with Crippen molar-refractivity contribution in [1.29, 1.82) is 0 Å². The second-order valence-electron chi connectivity index (χ2n) is 4.07. The van der Waals surface area contributed by atoms with Crippen LogP contribution in [-0.4, -0.2) is 11.2 Å². The molecule has 2 rings (SSSR count). The molecule has 2 aromatic carbocycles. The number of carbonyl (C=O) groups is 1. The van der Waals surface area contributed by atoms with Gasteiger partial charge in [0, 0.05) is 15.1 Å². The molecule has 0 saturated carbocycles. The van der Waals surface area contributed by atoms with Gasteiger partial charge in [-0.15, -0.1) is 11.8 Å². The van der Waals surface area contributed by atoms with Crippen LogP contribution in [0.2, 0.25) is 0 Å². The van der Waals surface area contributed by atoms with Gasteiger partial charge in [-0.05, 0) is 43.3 Å². The summed E-state index contributed by atoms with van der Waals surface area (Å²) in [6.45, 7) is 1.91. The van der Waals surface area contributed by atoms with Crippen molar-refractivity contribution in [2.24, 2.45) is 0 Å². The molecule has 0 aliphatic rings. The van der Waals surface area contributed by atoms with Crippen molar-refractivity contribution in [1.82, 2.24) is 0 Å². The molecule has 0 spiro atoms. The number of benzene rings is 2. The highest BCUT2D eigenvalue weighted by Crippen LogP contribution is 2.24. The topological polar surface area (TPSA) is 29.1 Å². The number of rotatable bonds is 4. The maximum Gasteiger partial charge on any atom is 0.237 e. The fraction of sp³-hybridized carbons (Fsp3) is 0.133. The minimum Gasteiger partial charge on any atom is -0.325 e. The molecule has 4 heteroatoms. The van der Waals surface area contributed by atoms with Crippen molar-refractivity contribution in [2.45, 2.75) is 17.1 Å². The smallest absolute Gasteiger partial charge is 0.237 e. The number of halogens is 1. The van der Waals surface area contributed by atoms with Gasteiger partial charge in [-0.25, -0.2) is 0 Å². The minimum atomic E-state index is -0.133. The fourth-order valence-electron chi connectivity index (χ4n) is 1.53.